The number of nitrogens with one attached hydrogen (secondary N) is 1. The Balaban J connectivity index is 1.79. The number of fused-ring (bicyclic) bond motifs is 1. The van der Waals surface area contributed by atoms with Gasteiger partial charge in [0, 0.05) is 24.7 Å². The van der Waals surface area contributed by atoms with E-state index < -0.39 is 5.60 Å². The Kier molecular flexibility index (Phi) is 8.38. The van der Waals surface area contributed by atoms with E-state index in [0.717, 1.165) is 23.2 Å². The summed E-state index contributed by atoms with van der Waals surface area (Å²) in [5.74, 6) is 5.71. The fraction of sp³-hybridized carbons (Fsp3) is 0.393. The van der Waals surface area contributed by atoms with Crippen LogP contribution in [0.15, 0.2) is 48.0 Å². The lowest BCUT2D eigenvalue weighted by Gasteiger charge is -2.26. The van der Waals surface area contributed by atoms with Gasteiger partial charge in [0.2, 0.25) is 5.90 Å². The van der Waals surface area contributed by atoms with Crippen molar-refractivity contribution in [2.45, 2.75) is 59.1 Å². The van der Waals surface area contributed by atoms with E-state index in [1.165, 1.54) is 5.56 Å². The van der Waals surface area contributed by atoms with E-state index in [0.29, 0.717) is 36.3 Å². The number of nitrogens with two attached hydrogens (primary N) is 1. The number of nitrogens with zero attached hydrogens (tertiary/aromatic N) is 3. The van der Waals surface area contributed by atoms with Gasteiger partial charge in [0.25, 0.3) is 0 Å². The zero-order chi connectivity index (χ0) is 26.5. The maximum absolute atomic E-state index is 12.5. The first-order valence-electron chi connectivity index (χ1n) is 12.1. The molecule has 0 spiro atoms. The molecule has 0 atom stereocenters. The van der Waals surface area contributed by atoms with Crippen LogP contribution in [0.3, 0.4) is 0 Å². The molecule has 36 heavy (non-hydrogen) atoms. The minimum absolute atomic E-state index is 0.165. The summed E-state index contributed by atoms with van der Waals surface area (Å²) in [7, 11) is 0. The van der Waals surface area contributed by atoms with E-state index in [4.69, 9.17) is 15.5 Å². The van der Waals surface area contributed by atoms with E-state index in [2.05, 4.69) is 23.0 Å². The van der Waals surface area contributed by atoms with Crippen molar-refractivity contribution in [3.8, 4) is 6.07 Å². The van der Waals surface area contributed by atoms with Gasteiger partial charge in [-0.25, -0.2) is 9.79 Å². The van der Waals surface area contributed by atoms with E-state index in [-0.39, 0.29) is 18.0 Å². The first-order valence-corrected chi connectivity index (χ1v) is 12.1. The highest BCUT2D eigenvalue weighted by molar-refractivity contribution is 5.98. The number of benzene rings is 2. The Morgan fingerprint density at radius 2 is 1.81 bits per heavy atom. The van der Waals surface area contributed by atoms with Crippen LogP contribution < -0.4 is 11.2 Å². The van der Waals surface area contributed by atoms with Gasteiger partial charge in [-0.15, -0.1) is 0 Å². The van der Waals surface area contributed by atoms with Crippen molar-refractivity contribution in [1.29, 1.82) is 5.26 Å². The smallest absolute Gasteiger partial charge is 0.410 e. The summed E-state index contributed by atoms with van der Waals surface area (Å²) in [5.41, 5.74) is 4.88. The summed E-state index contributed by atoms with van der Waals surface area (Å²) < 4.78 is 5.54. The van der Waals surface area contributed by atoms with Crippen LogP contribution in [0, 0.1) is 11.3 Å². The Bertz CT molecular complexity index is 1200. The number of aliphatic imine (C=N–C) groups is 1. The molecule has 3 rings (SSSR count). The molecule has 2 aromatic carbocycles. The lowest BCUT2D eigenvalue weighted by Crippen LogP contribution is -2.38. The van der Waals surface area contributed by atoms with Crippen LogP contribution in [0.1, 0.15) is 62.4 Å². The quantitative estimate of drug-likeness (QED) is 0.346. The minimum atomic E-state index is -0.527. The molecule has 0 unspecified atom stereocenters. The highest BCUT2D eigenvalue weighted by atomic mass is 16.6. The Labute approximate surface area is 213 Å². The first kappa shape index (κ1) is 26.8. The maximum Gasteiger partial charge on any atom is 0.410 e. The normalized spacial score (nSPS) is 13.9. The molecule has 0 saturated carbocycles. The fourth-order valence-electron chi connectivity index (χ4n) is 3.97. The minimum Gasteiger partial charge on any atom is -0.444 e. The third-order valence-electron chi connectivity index (χ3n) is 5.67. The molecule has 0 aliphatic carbocycles. The van der Waals surface area contributed by atoms with Gasteiger partial charge in [0.05, 0.1) is 16.9 Å². The summed E-state index contributed by atoms with van der Waals surface area (Å²) in [4.78, 5) is 23.9. The number of anilines is 1. The van der Waals surface area contributed by atoms with E-state index >= 15 is 0 Å². The van der Waals surface area contributed by atoms with E-state index in [1.807, 2.05) is 58.9 Å². The molecule has 2 aromatic rings. The van der Waals surface area contributed by atoms with Crippen molar-refractivity contribution >= 4 is 23.4 Å². The van der Waals surface area contributed by atoms with Crippen LogP contribution in [0.2, 0.25) is 0 Å². The molecule has 8 heteroatoms. The summed E-state index contributed by atoms with van der Waals surface area (Å²) in [6, 6.07) is 13.7. The summed E-state index contributed by atoms with van der Waals surface area (Å²) in [6.07, 6.45) is 1.16. The van der Waals surface area contributed by atoms with Gasteiger partial charge in [-0.2, -0.15) is 11.2 Å². The second-order valence-electron chi connectivity index (χ2n) is 10.1. The predicted molar refractivity (Wildman–Crippen MR) is 142 cm³/mol. The summed E-state index contributed by atoms with van der Waals surface area (Å²) >= 11 is 0. The van der Waals surface area contributed by atoms with Crippen LogP contribution in [0.25, 0.3) is 5.70 Å². The van der Waals surface area contributed by atoms with Crippen LogP contribution in [-0.4, -0.2) is 41.6 Å². The average molecular weight is 490 g/mol. The highest BCUT2D eigenvalue weighted by Crippen LogP contribution is 2.25. The number of amides is 1. The molecule has 1 amide bonds. The lowest BCUT2D eigenvalue weighted by atomic mass is 9.99. The molecule has 190 valence electrons. The van der Waals surface area contributed by atoms with Gasteiger partial charge in [-0.3, -0.25) is 0 Å². The second kappa shape index (κ2) is 11.3. The molecule has 8 nitrogen and oxygen atoms in total. The van der Waals surface area contributed by atoms with Gasteiger partial charge in [0.1, 0.15) is 11.7 Å². The Morgan fingerprint density at radius 3 is 2.42 bits per heavy atom. The molecule has 0 aromatic heterocycles. The largest absolute Gasteiger partial charge is 0.444 e. The van der Waals surface area contributed by atoms with E-state index in [9.17, 15) is 10.1 Å². The standard InChI is InChI=1S/C28H35N5O3/c1-18(2)31-25-10-9-23(16-24(25)17-29)26(36-30)32-19(3)21-8-7-20-11-13-33(14-12-22(20)15-21)27(34)35-28(4,5)6/h7-10,15-16,18,31H,3,11-14,30H2,1-2,4-6H3. The zero-order valence-electron chi connectivity index (χ0n) is 21.7. The zero-order valence-corrected chi connectivity index (χ0v) is 21.7. The van der Waals surface area contributed by atoms with Crippen molar-refractivity contribution in [2.24, 2.45) is 10.9 Å². The van der Waals surface area contributed by atoms with Gasteiger partial charge < -0.3 is 19.8 Å². The number of hydrogen-bond acceptors (Lipinski definition) is 7. The van der Waals surface area contributed by atoms with Gasteiger partial charge in [0.15, 0.2) is 0 Å². The highest BCUT2D eigenvalue weighted by Gasteiger charge is 2.24. The molecule has 3 N–H and O–H groups in total. The number of hydrogen-bond donors (Lipinski definition) is 2. The molecule has 1 aliphatic rings. The maximum atomic E-state index is 12.5. The van der Waals surface area contributed by atoms with Crippen LogP contribution in [0.5, 0.6) is 0 Å². The number of rotatable bonds is 5. The van der Waals surface area contributed by atoms with Gasteiger partial charge in [-0.05, 0) is 88.4 Å². The average Bonchev–Trinajstić information content (AvgIpc) is 3.03. The topological polar surface area (TPSA) is 113 Å². The van der Waals surface area contributed by atoms with Crippen molar-refractivity contribution < 1.29 is 14.4 Å². The predicted octanol–water partition coefficient (Wildman–Crippen LogP) is 5.02. The number of ether oxygens (including phenoxy) is 1. The van der Waals surface area contributed by atoms with Gasteiger partial charge in [-0.1, -0.05) is 18.7 Å². The second-order valence-corrected chi connectivity index (χ2v) is 10.1. The summed E-state index contributed by atoms with van der Waals surface area (Å²) in [6.45, 7) is 14.9. The fourth-order valence-corrected chi connectivity index (χ4v) is 3.97. The SMILES string of the molecule is C=C(N=C(ON)c1ccc(NC(C)C)c(C#N)c1)c1ccc2c(c1)CCN(C(=O)OC(C)(C)C)CC2. The third-order valence-corrected chi connectivity index (χ3v) is 5.67. The molecule has 0 fully saturated rings. The van der Waals surface area contributed by atoms with Crippen molar-refractivity contribution in [3.63, 3.8) is 0 Å². The first-order chi connectivity index (χ1) is 17.0. The molecule has 0 saturated heterocycles. The molecule has 0 bridgehead atoms. The monoisotopic (exact) mass is 489 g/mol. The van der Waals surface area contributed by atoms with Crippen molar-refractivity contribution in [1.82, 2.24) is 4.90 Å². The molecule has 1 aliphatic heterocycles. The number of nitriles is 1. The van der Waals surface area contributed by atoms with Crippen molar-refractivity contribution in [2.75, 3.05) is 18.4 Å². The van der Waals surface area contributed by atoms with Crippen LogP contribution in [0.4, 0.5) is 10.5 Å². The Morgan fingerprint density at radius 1 is 1.14 bits per heavy atom. The van der Waals surface area contributed by atoms with Crippen LogP contribution in [-0.2, 0) is 22.4 Å². The number of carbonyl (C=O) groups is 1. The van der Waals surface area contributed by atoms with Crippen molar-refractivity contribution in [3.05, 3.63) is 70.8 Å². The van der Waals surface area contributed by atoms with Crippen LogP contribution >= 0.6 is 0 Å². The van der Waals surface area contributed by atoms with Gasteiger partial charge >= 0.3 is 6.09 Å². The summed E-state index contributed by atoms with van der Waals surface area (Å²) in [5, 5.41) is 12.8. The molecular formula is C28H35N5O3. The third kappa shape index (κ3) is 6.86. The number of carbonyl (C=O) groups excluding carboxylic acids is 1. The lowest BCUT2D eigenvalue weighted by molar-refractivity contribution is 0.0258. The molecular weight excluding hydrogens is 454 g/mol. The Hall–Kier alpha value is -3.83. The van der Waals surface area contributed by atoms with E-state index in [1.54, 1.807) is 17.0 Å². The molecule has 0 radical (unpaired) electrons. The molecule has 1 heterocycles.